The third-order valence-corrected chi connectivity index (χ3v) is 5.22. The van der Waals surface area contributed by atoms with Gasteiger partial charge in [-0.2, -0.15) is 8.78 Å². The molecule has 0 aliphatic carbocycles. The minimum Gasteiger partial charge on any atom is -0.415 e. The Bertz CT molecular complexity index is 946. The molecule has 2 aromatic rings. The molecule has 0 spiro atoms. The average molecular weight is 432 g/mol. The maximum atomic E-state index is 13.3. The molecule has 166 valence electrons. The number of nitrogens with zero attached hydrogens (tertiary/aromatic N) is 3. The number of anilines is 2. The minimum atomic E-state index is -3.06. The monoisotopic (exact) mass is 432 g/mol. The van der Waals surface area contributed by atoms with E-state index in [0.29, 0.717) is 37.3 Å². The van der Waals surface area contributed by atoms with Crippen LogP contribution >= 0.6 is 0 Å². The molecule has 7 nitrogen and oxygen atoms in total. The summed E-state index contributed by atoms with van der Waals surface area (Å²) in [5, 5.41) is 2.68. The lowest BCUT2D eigenvalue weighted by atomic mass is 10.0. The van der Waals surface area contributed by atoms with E-state index in [9.17, 15) is 18.4 Å². The van der Waals surface area contributed by atoms with Crippen molar-refractivity contribution in [3.63, 3.8) is 0 Å². The molecule has 1 aliphatic heterocycles. The number of rotatable bonds is 5. The largest absolute Gasteiger partial charge is 0.415 e. The number of urea groups is 1. The van der Waals surface area contributed by atoms with Crippen LogP contribution in [0.25, 0.3) is 0 Å². The Kier molecular flexibility index (Phi) is 7.04. The fraction of sp³-hybridized carbons (Fsp3) is 0.409. The van der Waals surface area contributed by atoms with Crippen LogP contribution in [0.5, 0.6) is 5.88 Å². The number of aryl methyl sites for hydroxylation is 2. The molecule has 0 unspecified atom stereocenters. The minimum absolute atomic E-state index is 0.00419. The Balaban J connectivity index is 1.88. The van der Waals surface area contributed by atoms with Crippen molar-refractivity contribution in [3.8, 4) is 5.88 Å². The predicted molar refractivity (Wildman–Crippen MR) is 114 cm³/mol. The molecule has 0 saturated carbocycles. The maximum Gasteiger partial charge on any atom is 0.388 e. The zero-order chi connectivity index (χ0) is 22.5. The van der Waals surface area contributed by atoms with Crippen LogP contribution in [-0.4, -0.2) is 47.6 Å². The van der Waals surface area contributed by atoms with Crippen molar-refractivity contribution in [2.75, 3.05) is 23.3 Å². The first-order valence-corrected chi connectivity index (χ1v) is 10.1. The van der Waals surface area contributed by atoms with Crippen LogP contribution in [-0.2, 0) is 4.79 Å². The zero-order valence-electron chi connectivity index (χ0n) is 17.8. The van der Waals surface area contributed by atoms with Crippen LogP contribution in [0.1, 0.15) is 31.0 Å². The van der Waals surface area contributed by atoms with Crippen LogP contribution < -0.4 is 15.0 Å². The molecule has 0 radical (unpaired) electrons. The zero-order valence-corrected chi connectivity index (χ0v) is 17.8. The number of halogens is 2. The normalized spacial score (nSPS) is 14.5. The van der Waals surface area contributed by atoms with Gasteiger partial charge in [-0.3, -0.25) is 9.69 Å². The van der Waals surface area contributed by atoms with Gasteiger partial charge in [0.2, 0.25) is 11.8 Å². The fourth-order valence-corrected chi connectivity index (χ4v) is 3.69. The number of likely N-dealkylation sites (tertiary alicyclic amines) is 1. The Hall–Kier alpha value is -3.23. The summed E-state index contributed by atoms with van der Waals surface area (Å²) in [5.74, 6) is -0.330. The number of alkyl halides is 2. The van der Waals surface area contributed by atoms with E-state index in [1.807, 2.05) is 31.2 Å². The van der Waals surface area contributed by atoms with Gasteiger partial charge >= 0.3 is 12.6 Å². The van der Waals surface area contributed by atoms with Crippen molar-refractivity contribution in [1.29, 1.82) is 0 Å². The Morgan fingerprint density at radius 2 is 1.90 bits per heavy atom. The lowest BCUT2D eigenvalue weighted by Crippen LogP contribution is -2.50. The summed E-state index contributed by atoms with van der Waals surface area (Å²) in [7, 11) is 0. The van der Waals surface area contributed by atoms with Gasteiger partial charge in [0.25, 0.3) is 0 Å². The summed E-state index contributed by atoms with van der Waals surface area (Å²) in [4.78, 5) is 32.3. The fourth-order valence-electron chi connectivity index (χ4n) is 3.69. The number of aromatic nitrogens is 1. The van der Waals surface area contributed by atoms with Gasteiger partial charge in [0.15, 0.2) is 0 Å². The van der Waals surface area contributed by atoms with E-state index >= 15 is 0 Å². The third-order valence-electron chi connectivity index (χ3n) is 5.22. The number of ether oxygens (including phenoxy) is 1. The SMILES string of the molecule is CC(=O)N1CCC(N(C(=O)Nc2ccc(C)nc2OC(F)F)c2cccc(C)c2)CC1. The van der Waals surface area contributed by atoms with Crippen molar-refractivity contribution in [3.05, 3.63) is 47.7 Å². The summed E-state index contributed by atoms with van der Waals surface area (Å²) in [6, 6.07) is 9.97. The van der Waals surface area contributed by atoms with E-state index in [1.54, 1.807) is 22.8 Å². The molecule has 1 aromatic carbocycles. The molecular weight excluding hydrogens is 406 g/mol. The number of benzene rings is 1. The van der Waals surface area contributed by atoms with Crippen molar-refractivity contribution < 1.29 is 23.1 Å². The lowest BCUT2D eigenvalue weighted by molar-refractivity contribution is -0.129. The van der Waals surface area contributed by atoms with Crippen molar-refractivity contribution >= 4 is 23.3 Å². The van der Waals surface area contributed by atoms with Crippen LogP contribution in [0.15, 0.2) is 36.4 Å². The van der Waals surface area contributed by atoms with Crippen molar-refractivity contribution in [2.45, 2.75) is 46.3 Å². The number of hydrogen-bond donors (Lipinski definition) is 1. The first-order chi connectivity index (χ1) is 14.7. The third kappa shape index (κ3) is 5.68. The number of hydrogen-bond acceptors (Lipinski definition) is 4. The van der Waals surface area contributed by atoms with Gasteiger partial charge < -0.3 is 15.0 Å². The van der Waals surface area contributed by atoms with Crippen LogP contribution in [0.4, 0.5) is 25.0 Å². The molecule has 1 aliphatic rings. The Morgan fingerprint density at radius 1 is 1.19 bits per heavy atom. The van der Waals surface area contributed by atoms with Gasteiger partial charge in [-0.1, -0.05) is 12.1 Å². The Morgan fingerprint density at radius 3 is 2.52 bits per heavy atom. The van der Waals surface area contributed by atoms with Crippen LogP contribution in [0.2, 0.25) is 0 Å². The number of carbonyl (C=O) groups excluding carboxylic acids is 2. The van der Waals surface area contributed by atoms with E-state index in [1.165, 1.54) is 13.0 Å². The summed E-state index contributed by atoms with van der Waals surface area (Å²) in [6.07, 6.45) is 1.21. The van der Waals surface area contributed by atoms with Gasteiger partial charge in [0.1, 0.15) is 5.69 Å². The molecule has 3 amide bonds. The molecule has 1 N–H and O–H groups in total. The second kappa shape index (κ2) is 9.72. The maximum absolute atomic E-state index is 13.3. The highest BCUT2D eigenvalue weighted by molar-refractivity contribution is 6.03. The molecule has 0 bridgehead atoms. The van der Waals surface area contributed by atoms with Gasteiger partial charge in [-0.05, 0) is 56.5 Å². The van der Waals surface area contributed by atoms with E-state index in [0.717, 1.165) is 5.56 Å². The van der Waals surface area contributed by atoms with Gasteiger partial charge in [-0.15, -0.1) is 0 Å². The summed E-state index contributed by atoms with van der Waals surface area (Å²) >= 11 is 0. The van der Waals surface area contributed by atoms with E-state index in [-0.39, 0.29) is 23.5 Å². The standard InChI is InChI=1S/C22H26F2N4O3/c1-14-5-4-6-18(13-14)28(17-9-11-27(12-10-17)16(3)29)22(30)26-19-8-7-15(2)25-20(19)31-21(23)24/h4-8,13,17,21H,9-12H2,1-3H3,(H,26,30). The van der Waals surface area contributed by atoms with Gasteiger partial charge in [0.05, 0.1) is 0 Å². The van der Waals surface area contributed by atoms with Crippen molar-refractivity contribution in [2.24, 2.45) is 0 Å². The molecule has 3 rings (SSSR count). The number of amides is 3. The van der Waals surface area contributed by atoms with E-state index in [2.05, 4.69) is 15.0 Å². The van der Waals surface area contributed by atoms with Crippen LogP contribution in [0, 0.1) is 13.8 Å². The number of nitrogens with one attached hydrogen (secondary N) is 1. The molecule has 1 aromatic heterocycles. The highest BCUT2D eigenvalue weighted by Crippen LogP contribution is 2.28. The molecule has 9 heteroatoms. The number of piperidine rings is 1. The molecule has 1 saturated heterocycles. The quantitative estimate of drug-likeness (QED) is 0.762. The van der Waals surface area contributed by atoms with Gasteiger partial charge in [-0.25, -0.2) is 9.78 Å². The second-order valence-electron chi connectivity index (χ2n) is 7.56. The van der Waals surface area contributed by atoms with E-state index < -0.39 is 12.6 Å². The molecule has 1 fully saturated rings. The smallest absolute Gasteiger partial charge is 0.388 e. The predicted octanol–water partition coefficient (Wildman–Crippen LogP) is 4.35. The average Bonchev–Trinajstić information content (AvgIpc) is 2.70. The van der Waals surface area contributed by atoms with E-state index in [4.69, 9.17) is 0 Å². The molecule has 0 atom stereocenters. The highest BCUT2D eigenvalue weighted by atomic mass is 19.3. The first kappa shape index (κ1) is 22.5. The van der Waals surface area contributed by atoms with Crippen LogP contribution in [0.3, 0.4) is 0 Å². The van der Waals surface area contributed by atoms with Crippen molar-refractivity contribution in [1.82, 2.24) is 9.88 Å². The highest BCUT2D eigenvalue weighted by Gasteiger charge is 2.30. The lowest BCUT2D eigenvalue weighted by Gasteiger charge is -2.38. The first-order valence-electron chi connectivity index (χ1n) is 10.1. The Labute approximate surface area is 180 Å². The summed E-state index contributed by atoms with van der Waals surface area (Å²) in [5.41, 5.74) is 2.22. The topological polar surface area (TPSA) is 74.8 Å². The summed E-state index contributed by atoms with van der Waals surface area (Å²) < 4.78 is 30.1. The number of carbonyl (C=O) groups is 2. The molecular formula is C22H26F2N4O3. The summed E-state index contributed by atoms with van der Waals surface area (Å²) in [6.45, 7) is 3.12. The number of pyridine rings is 1. The molecule has 2 heterocycles. The second-order valence-corrected chi connectivity index (χ2v) is 7.56. The van der Waals surface area contributed by atoms with Gasteiger partial charge in [0, 0.05) is 37.4 Å². The molecule has 31 heavy (non-hydrogen) atoms.